The van der Waals surface area contributed by atoms with Crippen LogP contribution in [0.25, 0.3) is 0 Å². The smallest absolute Gasteiger partial charge is 0.330 e. The number of hydrogen-bond acceptors (Lipinski definition) is 4. The number of aromatic amines is 1. The second kappa shape index (κ2) is 9.63. The Morgan fingerprint density at radius 1 is 0.794 bits per heavy atom. The molecule has 2 heterocycles. The van der Waals surface area contributed by atoms with Crippen molar-refractivity contribution in [2.75, 3.05) is 6.61 Å². The molecule has 5 rings (SSSR count). The Morgan fingerprint density at radius 2 is 1.32 bits per heavy atom. The lowest BCUT2D eigenvalue weighted by atomic mass is 9.80. The fourth-order valence-corrected chi connectivity index (χ4v) is 4.65. The summed E-state index contributed by atoms with van der Waals surface area (Å²) in [7, 11) is 0. The highest BCUT2D eigenvalue weighted by molar-refractivity contribution is 5.47. The Balaban J connectivity index is 1.47. The molecule has 0 radical (unpaired) electrons. The minimum absolute atomic E-state index is 0.195. The van der Waals surface area contributed by atoms with Crippen molar-refractivity contribution in [3.05, 3.63) is 141 Å². The maximum absolute atomic E-state index is 12.2. The van der Waals surface area contributed by atoms with Gasteiger partial charge in [0.1, 0.15) is 11.8 Å². The minimum Gasteiger partial charge on any atom is -0.358 e. The molecule has 1 fully saturated rings. The fraction of sp³-hybridized carbons (Fsp3) is 0.214. The van der Waals surface area contributed by atoms with Gasteiger partial charge in [0.05, 0.1) is 12.7 Å². The summed E-state index contributed by atoms with van der Waals surface area (Å²) in [6.45, 7) is 0.341. The lowest BCUT2D eigenvalue weighted by Crippen LogP contribution is -2.36. The van der Waals surface area contributed by atoms with Crippen LogP contribution in [0.4, 0.5) is 0 Å². The van der Waals surface area contributed by atoms with Crippen LogP contribution < -0.4 is 11.2 Å². The van der Waals surface area contributed by atoms with Gasteiger partial charge >= 0.3 is 5.69 Å². The Hall–Kier alpha value is -3.74. The molecular formula is C28H26N2O4. The first-order chi connectivity index (χ1) is 16.7. The van der Waals surface area contributed by atoms with Crippen LogP contribution >= 0.6 is 0 Å². The molecule has 1 aromatic heterocycles. The summed E-state index contributed by atoms with van der Waals surface area (Å²) < 4.78 is 14.5. The molecule has 0 aliphatic carbocycles. The molecule has 3 aromatic carbocycles. The fourth-order valence-electron chi connectivity index (χ4n) is 4.65. The Morgan fingerprint density at radius 3 is 1.82 bits per heavy atom. The number of nitrogens with zero attached hydrogens (tertiary/aromatic N) is 1. The average molecular weight is 455 g/mol. The molecule has 0 amide bonds. The molecule has 34 heavy (non-hydrogen) atoms. The molecule has 1 N–H and O–H groups in total. The van der Waals surface area contributed by atoms with Crippen LogP contribution in [0.1, 0.15) is 35.8 Å². The van der Waals surface area contributed by atoms with E-state index in [9.17, 15) is 9.59 Å². The van der Waals surface area contributed by atoms with Gasteiger partial charge in [0, 0.05) is 12.3 Å². The zero-order valence-corrected chi connectivity index (χ0v) is 18.7. The number of H-pyrrole nitrogens is 1. The van der Waals surface area contributed by atoms with Crippen molar-refractivity contribution in [1.82, 2.24) is 9.55 Å². The van der Waals surface area contributed by atoms with Gasteiger partial charge in [0.25, 0.3) is 5.56 Å². The van der Waals surface area contributed by atoms with E-state index in [0.29, 0.717) is 13.0 Å². The predicted octanol–water partition coefficient (Wildman–Crippen LogP) is 4.22. The van der Waals surface area contributed by atoms with E-state index in [1.165, 1.54) is 16.8 Å². The largest absolute Gasteiger partial charge is 0.358 e. The van der Waals surface area contributed by atoms with Crippen molar-refractivity contribution < 1.29 is 9.47 Å². The highest BCUT2D eigenvalue weighted by Crippen LogP contribution is 2.41. The molecule has 0 bridgehead atoms. The SMILES string of the molecule is O=c1ccn([C@H]2CC[C@@H](COC(c3ccccc3)(c3ccccc3)c3ccccc3)O2)c(=O)[nH]1. The van der Waals surface area contributed by atoms with Crippen LogP contribution in [0, 0.1) is 0 Å². The van der Waals surface area contributed by atoms with Crippen LogP contribution in [0.5, 0.6) is 0 Å². The maximum atomic E-state index is 12.2. The van der Waals surface area contributed by atoms with Gasteiger partial charge < -0.3 is 9.47 Å². The number of hydrogen-bond donors (Lipinski definition) is 1. The molecule has 2 atom stereocenters. The van der Waals surface area contributed by atoms with Gasteiger partial charge in [-0.15, -0.1) is 0 Å². The van der Waals surface area contributed by atoms with E-state index >= 15 is 0 Å². The van der Waals surface area contributed by atoms with E-state index in [0.717, 1.165) is 23.1 Å². The molecule has 6 heteroatoms. The summed E-state index contributed by atoms with van der Waals surface area (Å²) in [5, 5.41) is 0. The summed E-state index contributed by atoms with van der Waals surface area (Å²) in [4.78, 5) is 25.9. The van der Waals surface area contributed by atoms with Gasteiger partial charge in [-0.2, -0.15) is 0 Å². The van der Waals surface area contributed by atoms with Crippen LogP contribution in [0.2, 0.25) is 0 Å². The lowest BCUT2D eigenvalue weighted by Gasteiger charge is -2.36. The summed E-state index contributed by atoms with van der Waals surface area (Å²) in [6, 6.07) is 31.9. The zero-order chi connectivity index (χ0) is 23.4. The average Bonchev–Trinajstić information content (AvgIpc) is 3.35. The van der Waals surface area contributed by atoms with Gasteiger partial charge in [-0.3, -0.25) is 14.3 Å². The van der Waals surface area contributed by atoms with Crippen molar-refractivity contribution in [2.24, 2.45) is 0 Å². The third-order valence-electron chi connectivity index (χ3n) is 6.27. The van der Waals surface area contributed by atoms with E-state index < -0.39 is 23.1 Å². The van der Waals surface area contributed by atoms with Crippen molar-refractivity contribution in [2.45, 2.75) is 30.8 Å². The molecule has 1 aliphatic heterocycles. The molecule has 1 saturated heterocycles. The third-order valence-corrected chi connectivity index (χ3v) is 6.27. The predicted molar refractivity (Wildman–Crippen MR) is 130 cm³/mol. The Labute approximate surface area is 197 Å². The van der Waals surface area contributed by atoms with Crippen LogP contribution in [-0.4, -0.2) is 22.3 Å². The van der Waals surface area contributed by atoms with Crippen molar-refractivity contribution in [3.8, 4) is 0 Å². The standard InChI is InChI=1S/C28H26N2O4/c31-25-18-19-30(27(32)29-25)26-17-16-24(34-26)20-33-28(21-10-4-1-5-11-21,22-12-6-2-7-13-22)23-14-8-3-9-15-23/h1-15,18-19,24,26H,16-17,20H2,(H,29,31,32)/t24-,26+/m0/s1. The van der Waals surface area contributed by atoms with Gasteiger partial charge in [-0.1, -0.05) is 91.0 Å². The van der Waals surface area contributed by atoms with Gasteiger partial charge in [-0.25, -0.2) is 4.79 Å². The topological polar surface area (TPSA) is 73.3 Å². The number of rotatable bonds is 7. The van der Waals surface area contributed by atoms with Gasteiger partial charge in [0.2, 0.25) is 0 Å². The molecule has 4 aromatic rings. The first-order valence-corrected chi connectivity index (χ1v) is 11.4. The summed E-state index contributed by atoms with van der Waals surface area (Å²) in [5.74, 6) is 0. The van der Waals surface area contributed by atoms with Crippen LogP contribution in [-0.2, 0) is 15.1 Å². The van der Waals surface area contributed by atoms with Crippen LogP contribution in [0.15, 0.2) is 113 Å². The molecule has 172 valence electrons. The lowest BCUT2D eigenvalue weighted by molar-refractivity contribution is -0.0773. The van der Waals surface area contributed by atoms with E-state index in [-0.39, 0.29) is 6.10 Å². The van der Waals surface area contributed by atoms with Gasteiger partial charge in [-0.05, 0) is 29.5 Å². The zero-order valence-electron chi connectivity index (χ0n) is 18.7. The monoisotopic (exact) mass is 454 g/mol. The molecule has 0 saturated carbocycles. The van der Waals surface area contributed by atoms with E-state index in [1.54, 1.807) is 0 Å². The molecule has 0 spiro atoms. The van der Waals surface area contributed by atoms with Crippen molar-refractivity contribution in [1.29, 1.82) is 0 Å². The second-order valence-electron chi connectivity index (χ2n) is 8.40. The molecule has 6 nitrogen and oxygen atoms in total. The van der Waals surface area contributed by atoms with Crippen molar-refractivity contribution in [3.63, 3.8) is 0 Å². The number of ether oxygens (including phenoxy) is 2. The maximum Gasteiger partial charge on any atom is 0.330 e. The first kappa shape index (κ1) is 22.1. The number of benzene rings is 3. The van der Waals surface area contributed by atoms with Crippen LogP contribution in [0.3, 0.4) is 0 Å². The number of nitrogens with one attached hydrogen (secondary N) is 1. The van der Waals surface area contributed by atoms with E-state index in [1.807, 2.05) is 54.6 Å². The van der Waals surface area contributed by atoms with E-state index in [2.05, 4.69) is 41.4 Å². The highest BCUT2D eigenvalue weighted by Gasteiger charge is 2.39. The molecule has 1 aliphatic rings. The van der Waals surface area contributed by atoms with E-state index in [4.69, 9.17) is 9.47 Å². The highest BCUT2D eigenvalue weighted by atomic mass is 16.6. The second-order valence-corrected chi connectivity index (χ2v) is 8.40. The minimum atomic E-state index is -0.819. The summed E-state index contributed by atoms with van der Waals surface area (Å²) >= 11 is 0. The quantitative estimate of drug-likeness (QED) is 0.425. The Kier molecular flexibility index (Phi) is 6.25. The first-order valence-electron chi connectivity index (χ1n) is 11.4. The Bertz CT molecular complexity index is 1240. The summed E-state index contributed by atoms with van der Waals surface area (Å²) in [6.07, 6.45) is 2.26. The van der Waals surface area contributed by atoms with Gasteiger partial charge in [0.15, 0.2) is 0 Å². The molecule has 0 unspecified atom stereocenters. The normalized spacial score (nSPS) is 18.1. The van der Waals surface area contributed by atoms with Crippen molar-refractivity contribution >= 4 is 0 Å². The molecular weight excluding hydrogens is 428 g/mol. The third kappa shape index (κ3) is 4.25. The number of aromatic nitrogens is 2. The summed E-state index contributed by atoms with van der Waals surface area (Å²) in [5.41, 5.74) is 1.38.